The third-order valence-electron chi connectivity index (χ3n) is 3.39. The molecule has 3 nitrogen and oxygen atoms in total. The van der Waals surface area contributed by atoms with Gasteiger partial charge >= 0.3 is 0 Å². The van der Waals surface area contributed by atoms with Gasteiger partial charge in [-0.05, 0) is 31.2 Å². The Balaban J connectivity index is 2.80. The van der Waals surface area contributed by atoms with Gasteiger partial charge in [0.25, 0.3) is 5.78 Å². The molecule has 0 aliphatic rings. The highest BCUT2D eigenvalue weighted by atomic mass is 16.3. The van der Waals surface area contributed by atoms with Crippen LogP contribution in [0, 0.1) is 0 Å². The van der Waals surface area contributed by atoms with Crippen LogP contribution in [0.25, 0.3) is 0 Å². The van der Waals surface area contributed by atoms with Crippen LogP contribution < -0.4 is 0 Å². The summed E-state index contributed by atoms with van der Waals surface area (Å²) in [5, 5.41) is 0. The average molecular weight is 264 g/mol. The summed E-state index contributed by atoms with van der Waals surface area (Å²) in [5.41, 5.74) is 2.07. The first-order valence-electron chi connectivity index (χ1n) is 7.33. The smallest absolute Gasteiger partial charge is 0.260 e. The highest BCUT2D eigenvalue weighted by molar-refractivity contribution is 6.32. The zero-order chi connectivity index (χ0) is 14.1. The lowest BCUT2D eigenvalue weighted by Gasteiger charge is -2.04. The van der Waals surface area contributed by atoms with Gasteiger partial charge in [0.1, 0.15) is 0 Å². The number of furan rings is 1. The normalized spacial score (nSPS) is 10.6. The Hall–Kier alpha value is -1.38. The topological polar surface area (TPSA) is 47.3 Å². The standard InChI is InChI=1S/C16H24O3/c1-3-5-7-9-13-12-19-16(15(18)11-17)14(13)10-8-6-4-2/h11-12H,3-10H2,1-2H3. The lowest BCUT2D eigenvalue weighted by molar-refractivity contribution is -0.104. The first-order valence-corrected chi connectivity index (χ1v) is 7.33. The van der Waals surface area contributed by atoms with Crippen molar-refractivity contribution in [3.8, 4) is 0 Å². The molecule has 0 spiro atoms. The van der Waals surface area contributed by atoms with Gasteiger partial charge in [0.05, 0.1) is 6.26 Å². The van der Waals surface area contributed by atoms with Crippen LogP contribution in [0.4, 0.5) is 0 Å². The number of hydrogen-bond acceptors (Lipinski definition) is 3. The quantitative estimate of drug-likeness (QED) is 0.276. The fraction of sp³-hybridized carbons (Fsp3) is 0.625. The molecule has 0 unspecified atom stereocenters. The molecule has 0 aliphatic heterocycles. The minimum atomic E-state index is -0.534. The number of unbranched alkanes of at least 4 members (excludes halogenated alkanes) is 4. The zero-order valence-electron chi connectivity index (χ0n) is 12.0. The number of carbonyl (C=O) groups is 2. The molecule has 0 aromatic carbocycles. The van der Waals surface area contributed by atoms with Gasteiger partial charge in [-0.2, -0.15) is 0 Å². The number of aryl methyl sites for hydroxylation is 1. The number of hydrogen-bond donors (Lipinski definition) is 0. The van der Waals surface area contributed by atoms with Gasteiger partial charge < -0.3 is 4.42 Å². The summed E-state index contributed by atoms with van der Waals surface area (Å²) in [7, 11) is 0. The van der Waals surface area contributed by atoms with Crippen LogP contribution in [-0.2, 0) is 17.6 Å². The van der Waals surface area contributed by atoms with Crippen molar-refractivity contribution in [3.63, 3.8) is 0 Å². The Labute approximate surface area is 115 Å². The number of carbonyl (C=O) groups excluding carboxylic acids is 2. The van der Waals surface area contributed by atoms with E-state index in [1.54, 1.807) is 6.26 Å². The molecule has 3 heteroatoms. The van der Waals surface area contributed by atoms with Gasteiger partial charge in [-0.1, -0.05) is 39.5 Å². The first kappa shape index (κ1) is 15.7. The summed E-state index contributed by atoms with van der Waals surface area (Å²) in [4.78, 5) is 22.2. The molecule has 0 saturated carbocycles. The number of ketones is 1. The Bertz CT molecular complexity index is 404. The molecule has 0 amide bonds. The molecule has 1 aromatic heterocycles. The number of aldehydes is 1. The van der Waals surface area contributed by atoms with E-state index < -0.39 is 5.78 Å². The second-order valence-electron chi connectivity index (χ2n) is 4.96. The molecule has 0 atom stereocenters. The molecular weight excluding hydrogens is 240 g/mol. The van der Waals surface area contributed by atoms with Crippen LogP contribution in [-0.4, -0.2) is 12.1 Å². The van der Waals surface area contributed by atoms with Crippen molar-refractivity contribution in [2.45, 2.75) is 65.2 Å². The van der Waals surface area contributed by atoms with Crippen LogP contribution in [0.15, 0.2) is 10.7 Å². The van der Waals surface area contributed by atoms with E-state index in [9.17, 15) is 9.59 Å². The minimum absolute atomic E-state index is 0.262. The molecule has 0 bridgehead atoms. The highest BCUT2D eigenvalue weighted by Crippen LogP contribution is 2.22. The molecule has 1 heterocycles. The molecule has 0 aliphatic carbocycles. The van der Waals surface area contributed by atoms with Crippen LogP contribution in [0.3, 0.4) is 0 Å². The predicted octanol–water partition coefficient (Wildman–Crippen LogP) is 4.13. The summed E-state index contributed by atoms with van der Waals surface area (Å²) >= 11 is 0. The predicted molar refractivity (Wildman–Crippen MR) is 75.6 cm³/mol. The summed E-state index contributed by atoms with van der Waals surface area (Å²) in [6.45, 7) is 4.31. The van der Waals surface area contributed by atoms with E-state index >= 15 is 0 Å². The molecule has 1 rings (SSSR count). The maximum atomic E-state index is 11.5. The van der Waals surface area contributed by atoms with Crippen LogP contribution in [0.5, 0.6) is 0 Å². The Kier molecular flexibility index (Phi) is 7.16. The van der Waals surface area contributed by atoms with Crippen LogP contribution >= 0.6 is 0 Å². The van der Waals surface area contributed by atoms with Crippen LogP contribution in [0.1, 0.15) is 74.1 Å². The van der Waals surface area contributed by atoms with E-state index in [0.29, 0.717) is 6.29 Å². The zero-order valence-corrected chi connectivity index (χ0v) is 12.0. The fourth-order valence-electron chi connectivity index (χ4n) is 2.28. The lowest BCUT2D eigenvalue weighted by atomic mass is 9.98. The Morgan fingerprint density at radius 3 is 2.32 bits per heavy atom. The van der Waals surface area contributed by atoms with Crippen molar-refractivity contribution >= 4 is 12.1 Å². The first-order chi connectivity index (χ1) is 9.24. The second kappa shape index (κ2) is 8.68. The van der Waals surface area contributed by atoms with E-state index in [-0.39, 0.29) is 5.76 Å². The van der Waals surface area contributed by atoms with Crippen molar-refractivity contribution < 1.29 is 14.0 Å². The van der Waals surface area contributed by atoms with Crippen LogP contribution in [0.2, 0.25) is 0 Å². The molecule has 1 aromatic rings. The molecule has 0 radical (unpaired) electrons. The van der Waals surface area contributed by atoms with Crippen molar-refractivity contribution in [1.82, 2.24) is 0 Å². The SMILES string of the molecule is CCCCCc1coc(C(=O)C=O)c1CCCCC. The van der Waals surface area contributed by atoms with Gasteiger partial charge in [-0.3, -0.25) is 9.59 Å². The van der Waals surface area contributed by atoms with Gasteiger partial charge in [0.15, 0.2) is 12.0 Å². The molecule has 0 fully saturated rings. The van der Waals surface area contributed by atoms with Gasteiger partial charge in [0, 0.05) is 5.56 Å². The lowest BCUT2D eigenvalue weighted by Crippen LogP contribution is -2.04. The van der Waals surface area contributed by atoms with Crippen molar-refractivity contribution in [2.24, 2.45) is 0 Å². The third kappa shape index (κ3) is 4.66. The summed E-state index contributed by atoms with van der Waals surface area (Å²) < 4.78 is 5.33. The summed E-state index contributed by atoms with van der Waals surface area (Å²) in [6, 6.07) is 0. The molecule has 0 N–H and O–H groups in total. The van der Waals surface area contributed by atoms with E-state index in [2.05, 4.69) is 13.8 Å². The van der Waals surface area contributed by atoms with E-state index in [1.165, 1.54) is 12.8 Å². The molecule has 0 saturated heterocycles. The number of rotatable bonds is 10. The molecule has 106 valence electrons. The number of Topliss-reactive ketones (excluding diaryl/α,β-unsaturated/α-hetero) is 1. The van der Waals surface area contributed by atoms with Crippen molar-refractivity contribution in [3.05, 3.63) is 23.2 Å². The maximum absolute atomic E-state index is 11.5. The monoisotopic (exact) mass is 264 g/mol. The molecule has 19 heavy (non-hydrogen) atoms. The van der Waals surface area contributed by atoms with E-state index in [4.69, 9.17) is 4.42 Å². The van der Waals surface area contributed by atoms with Crippen molar-refractivity contribution in [2.75, 3.05) is 0 Å². The molecular formula is C16H24O3. The Morgan fingerprint density at radius 1 is 1.11 bits per heavy atom. The third-order valence-corrected chi connectivity index (χ3v) is 3.39. The van der Waals surface area contributed by atoms with Crippen molar-refractivity contribution in [1.29, 1.82) is 0 Å². The van der Waals surface area contributed by atoms with E-state index in [0.717, 1.165) is 49.7 Å². The Morgan fingerprint density at radius 2 is 1.74 bits per heavy atom. The fourth-order valence-corrected chi connectivity index (χ4v) is 2.28. The largest absolute Gasteiger partial charge is 0.460 e. The van der Waals surface area contributed by atoms with Gasteiger partial charge in [0.2, 0.25) is 0 Å². The van der Waals surface area contributed by atoms with Gasteiger partial charge in [-0.15, -0.1) is 0 Å². The van der Waals surface area contributed by atoms with Gasteiger partial charge in [-0.25, -0.2) is 0 Å². The summed E-state index contributed by atoms with van der Waals surface area (Å²) in [6.07, 6.45) is 10.5. The maximum Gasteiger partial charge on any atom is 0.260 e. The summed E-state index contributed by atoms with van der Waals surface area (Å²) in [5.74, 6) is -0.272. The average Bonchev–Trinajstić information content (AvgIpc) is 2.82. The minimum Gasteiger partial charge on any atom is -0.460 e. The highest BCUT2D eigenvalue weighted by Gasteiger charge is 2.18. The second-order valence-corrected chi connectivity index (χ2v) is 4.96. The van der Waals surface area contributed by atoms with E-state index in [1.807, 2.05) is 0 Å².